The lowest BCUT2D eigenvalue weighted by Crippen LogP contribution is -2.29. The molecule has 0 radical (unpaired) electrons. The van der Waals surface area contributed by atoms with Gasteiger partial charge in [0.2, 0.25) is 5.91 Å². The van der Waals surface area contributed by atoms with E-state index >= 15 is 0 Å². The molecule has 4 nitrogen and oxygen atoms in total. The first-order chi connectivity index (χ1) is 8.65. The lowest BCUT2D eigenvalue weighted by molar-refractivity contribution is -0.121. The van der Waals surface area contributed by atoms with Crippen molar-refractivity contribution in [2.45, 2.75) is 25.9 Å². The molecule has 1 aromatic heterocycles. The number of hydrogen-bond donors (Lipinski definition) is 2. The largest absolute Gasteiger partial charge is 0.352 e. The molecule has 1 unspecified atom stereocenters. The second kappa shape index (κ2) is 5.60. The summed E-state index contributed by atoms with van der Waals surface area (Å²) in [5.74, 6) is -0.0295. The number of nitrogens with two attached hydrogens (primary N) is 1. The summed E-state index contributed by atoms with van der Waals surface area (Å²) in [6.45, 7) is 2.31. The minimum absolute atomic E-state index is 0.0295. The normalized spacial score (nSPS) is 12.3. The minimum atomic E-state index is -0.111. The minimum Gasteiger partial charge on any atom is -0.352 e. The van der Waals surface area contributed by atoms with Gasteiger partial charge in [-0.2, -0.15) is 0 Å². The number of fused-ring (bicyclic) bond motifs is 1. The number of rotatable bonds is 4. The molecule has 0 fully saturated rings. The molecule has 18 heavy (non-hydrogen) atoms. The van der Waals surface area contributed by atoms with Crippen LogP contribution in [0.1, 0.15) is 18.9 Å². The van der Waals surface area contributed by atoms with Crippen molar-refractivity contribution in [3.8, 4) is 0 Å². The predicted molar refractivity (Wildman–Crippen MR) is 71.9 cm³/mol. The van der Waals surface area contributed by atoms with Gasteiger partial charge in [0.15, 0.2) is 0 Å². The third-order valence-corrected chi connectivity index (χ3v) is 2.64. The van der Waals surface area contributed by atoms with Gasteiger partial charge in [-0.25, -0.2) is 0 Å². The number of amides is 1. The number of pyridine rings is 1. The van der Waals surface area contributed by atoms with Gasteiger partial charge >= 0.3 is 0 Å². The smallest absolute Gasteiger partial charge is 0.221 e. The van der Waals surface area contributed by atoms with Crippen LogP contribution in [0.2, 0.25) is 0 Å². The van der Waals surface area contributed by atoms with E-state index in [2.05, 4.69) is 10.3 Å². The fourth-order valence-electron chi connectivity index (χ4n) is 1.78. The Kier molecular flexibility index (Phi) is 3.89. The van der Waals surface area contributed by atoms with E-state index in [-0.39, 0.29) is 11.9 Å². The summed E-state index contributed by atoms with van der Waals surface area (Å²) in [7, 11) is 0. The standard InChI is InChI=1S/C14H17N3O/c1-10(15)6-14(18)17-9-11-7-12-4-2-3-5-13(12)16-8-11/h2-5,7-8,10H,6,9,15H2,1H3,(H,17,18). The van der Waals surface area contributed by atoms with Crippen LogP contribution >= 0.6 is 0 Å². The fourth-order valence-corrected chi connectivity index (χ4v) is 1.78. The van der Waals surface area contributed by atoms with Gasteiger partial charge in [0.05, 0.1) is 5.52 Å². The van der Waals surface area contributed by atoms with Crippen molar-refractivity contribution < 1.29 is 4.79 Å². The summed E-state index contributed by atoms with van der Waals surface area (Å²) in [4.78, 5) is 15.8. The van der Waals surface area contributed by atoms with Crippen LogP contribution in [0.4, 0.5) is 0 Å². The monoisotopic (exact) mass is 243 g/mol. The number of hydrogen-bond acceptors (Lipinski definition) is 3. The maximum atomic E-state index is 11.5. The van der Waals surface area contributed by atoms with Gasteiger partial charge in [0, 0.05) is 30.6 Å². The van der Waals surface area contributed by atoms with Gasteiger partial charge in [-0.3, -0.25) is 9.78 Å². The molecular weight excluding hydrogens is 226 g/mol. The van der Waals surface area contributed by atoms with Crippen LogP contribution in [-0.4, -0.2) is 16.9 Å². The summed E-state index contributed by atoms with van der Waals surface area (Å²) < 4.78 is 0. The number of para-hydroxylation sites is 1. The summed E-state index contributed by atoms with van der Waals surface area (Å²) in [5, 5.41) is 3.92. The number of aromatic nitrogens is 1. The van der Waals surface area contributed by atoms with E-state index in [4.69, 9.17) is 5.73 Å². The second-order valence-corrected chi connectivity index (χ2v) is 4.49. The van der Waals surface area contributed by atoms with Crippen LogP contribution in [0.25, 0.3) is 10.9 Å². The van der Waals surface area contributed by atoms with Gasteiger partial charge in [0.25, 0.3) is 0 Å². The van der Waals surface area contributed by atoms with E-state index in [1.54, 1.807) is 6.20 Å². The Morgan fingerprint density at radius 2 is 2.22 bits per heavy atom. The van der Waals surface area contributed by atoms with E-state index in [1.165, 1.54) is 0 Å². The first-order valence-corrected chi connectivity index (χ1v) is 6.01. The fraction of sp³-hybridized carbons (Fsp3) is 0.286. The summed E-state index contributed by atoms with van der Waals surface area (Å²) in [6.07, 6.45) is 2.13. The van der Waals surface area contributed by atoms with Crippen LogP contribution in [0, 0.1) is 0 Å². The Morgan fingerprint density at radius 1 is 1.44 bits per heavy atom. The molecule has 0 saturated heterocycles. The quantitative estimate of drug-likeness (QED) is 0.856. The number of carbonyl (C=O) groups excluding carboxylic acids is 1. The van der Waals surface area contributed by atoms with Crippen molar-refractivity contribution in [3.05, 3.63) is 42.1 Å². The Morgan fingerprint density at radius 3 is 3.00 bits per heavy atom. The maximum absolute atomic E-state index is 11.5. The van der Waals surface area contributed by atoms with E-state index < -0.39 is 0 Å². The molecule has 3 N–H and O–H groups in total. The Labute approximate surface area is 106 Å². The number of nitrogens with zero attached hydrogens (tertiary/aromatic N) is 1. The molecule has 0 aliphatic rings. The van der Waals surface area contributed by atoms with Crippen molar-refractivity contribution in [2.24, 2.45) is 5.73 Å². The van der Waals surface area contributed by atoms with Crippen molar-refractivity contribution in [1.82, 2.24) is 10.3 Å². The molecule has 94 valence electrons. The average Bonchev–Trinajstić information content (AvgIpc) is 2.35. The zero-order valence-electron chi connectivity index (χ0n) is 10.4. The lowest BCUT2D eigenvalue weighted by atomic mass is 10.1. The van der Waals surface area contributed by atoms with Crippen molar-refractivity contribution in [3.63, 3.8) is 0 Å². The zero-order chi connectivity index (χ0) is 13.0. The highest BCUT2D eigenvalue weighted by molar-refractivity contribution is 5.79. The third kappa shape index (κ3) is 3.28. The zero-order valence-corrected chi connectivity index (χ0v) is 10.4. The molecule has 4 heteroatoms. The molecule has 1 atom stereocenters. The highest BCUT2D eigenvalue weighted by Gasteiger charge is 2.05. The van der Waals surface area contributed by atoms with Gasteiger partial charge < -0.3 is 11.1 Å². The van der Waals surface area contributed by atoms with Gasteiger partial charge in [-0.05, 0) is 24.6 Å². The first kappa shape index (κ1) is 12.5. The van der Waals surface area contributed by atoms with Crippen molar-refractivity contribution in [1.29, 1.82) is 0 Å². The van der Waals surface area contributed by atoms with E-state index in [1.807, 2.05) is 37.3 Å². The molecule has 1 aromatic carbocycles. The van der Waals surface area contributed by atoms with Crippen molar-refractivity contribution in [2.75, 3.05) is 0 Å². The molecule has 0 saturated carbocycles. The molecule has 0 bridgehead atoms. The van der Waals surface area contributed by atoms with Crippen LogP contribution in [0.5, 0.6) is 0 Å². The molecule has 0 spiro atoms. The highest BCUT2D eigenvalue weighted by Crippen LogP contribution is 2.12. The molecule has 2 rings (SSSR count). The lowest BCUT2D eigenvalue weighted by Gasteiger charge is -2.07. The van der Waals surface area contributed by atoms with Crippen molar-refractivity contribution >= 4 is 16.8 Å². The van der Waals surface area contributed by atoms with Crippen LogP contribution < -0.4 is 11.1 Å². The van der Waals surface area contributed by atoms with Crippen LogP contribution in [0.3, 0.4) is 0 Å². The van der Waals surface area contributed by atoms with Gasteiger partial charge in [-0.1, -0.05) is 18.2 Å². The molecule has 0 aliphatic carbocycles. The highest BCUT2D eigenvalue weighted by atomic mass is 16.1. The number of carbonyl (C=O) groups is 1. The summed E-state index contributed by atoms with van der Waals surface area (Å²) in [6, 6.07) is 9.83. The van der Waals surface area contributed by atoms with Gasteiger partial charge in [0.1, 0.15) is 0 Å². The maximum Gasteiger partial charge on any atom is 0.221 e. The number of nitrogens with one attached hydrogen (secondary N) is 1. The Bertz CT molecular complexity index is 551. The van der Waals surface area contributed by atoms with E-state index in [9.17, 15) is 4.79 Å². The molecular formula is C14H17N3O. The Hall–Kier alpha value is -1.94. The molecule has 2 aromatic rings. The van der Waals surface area contributed by atoms with E-state index in [0.717, 1.165) is 16.5 Å². The molecule has 1 amide bonds. The molecule has 0 aliphatic heterocycles. The van der Waals surface area contributed by atoms with Crippen LogP contribution in [0.15, 0.2) is 36.5 Å². The molecule has 1 heterocycles. The SMILES string of the molecule is CC(N)CC(=O)NCc1cnc2ccccc2c1. The summed E-state index contributed by atoms with van der Waals surface area (Å²) in [5.41, 5.74) is 7.52. The average molecular weight is 243 g/mol. The predicted octanol–water partition coefficient (Wildman–Crippen LogP) is 1.59. The van der Waals surface area contributed by atoms with Crippen LogP contribution in [-0.2, 0) is 11.3 Å². The summed E-state index contributed by atoms with van der Waals surface area (Å²) >= 11 is 0. The topological polar surface area (TPSA) is 68.0 Å². The Balaban J connectivity index is 2.01. The number of benzene rings is 1. The van der Waals surface area contributed by atoms with Gasteiger partial charge in [-0.15, -0.1) is 0 Å². The third-order valence-electron chi connectivity index (χ3n) is 2.64. The van der Waals surface area contributed by atoms with E-state index in [0.29, 0.717) is 13.0 Å². The first-order valence-electron chi connectivity index (χ1n) is 6.01. The second-order valence-electron chi connectivity index (χ2n) is 4.49.